The first-order chi connectivity index (χ1) is 23.1. The van der Waals surface area contributed by atoms with Crippen molar-refractivity contribution in [3.8, 4) is 22.4 Å². The number of amides is 1. The number of aryl methyl sites for hydroxylation is 4. The molecule has 0 aliphatic carbocycles. The van der Waals surface area contributed by atoms with Crippen molar-refractivity contribution in [1.82, 2.24) is 4.57 Å². The number of aliphatic hydroxyl groups excluding tert-OH is 2. The Morgan fingerprint density at radius 3 is 2.18 bits per heavy atom. The molecule has 49 heavy (non-hydrogen) atoms. The molecule has 8 heteroatoms. The fourth-order valence-corrected chi connectivity index (χ4v) is 7.09. The molecule has 0 radical (unpaired) electrons. The molecule has 0 bridgehead atoms. The number of carboxylic acid groups (broad SMARTS) is 1. The topological polar surface area (TPSA) is 112 Å². The van der Waals surface area contributed by atoms with Crippen LogP contribution in [0, 0.1) is 39.4 Å². The fourth-order valence-electron chi connectivity index (χ4n) is 7.09. The number of aromatic nitrogens is 1. The van der Waals surface area contributed by atoms with E-state index in [9.17, 15) is 29.3 Å². The third-order valence-corrected chi connectivity index (χ3v) is 9.59. The molecule has 4 N–H and O–H groups in total. The number of carbonyl (C=O) groups is 2. The number of nitrogens with one attached hydrogen (secondary N) is 1. The number of rotatable bonds is 14. The Bertz CT molecular complexity index is 1990. The molecule has 670 valence electrons. The molecular formula is C41H459FN2O5. The van der Waals surface area contributed by atoms with Crippen LogP contribution in [-0.2, 0) is 4.79 Å². The van der Waals surface area contributed by atoms with Gasteiger partial charge >= 0.3 is 5.97 Å². The van der Waals surface area contributed by atoms with Crippen molar-refractivity contribution in [3.05, 3.63) is 100.0 Å². The molecule has 0 spiro atoms. The highest BCUT2D eigenvalue weighted by Gasteiger charge is 2.36. The van der Waals surface area contributed by atoms with Crippen LogP contribution in [0.3, 0.4) is 0 Å². The number of aliphatic carboxylic acids is 1. The van der Waals surface area contributed by atoms with Gasteiger partial charge in [-0.25, -0.2) is 4.39 Å². The Hall–Kier alpha value is -4.27. The largest absolute Gasteiger partial charge is 0.481 e. The normalized spacial score (nSPS) is 14.0. The third kappa shape index (κ3) is 8.67. The average molecular weight is 1080 g/mol. The minimum atomic E-state index is -1.20. The van der Waals surface area contributed by atoms with E-state index in [4.69, 9.17) is 0 Å². The number of carboxylic acids is 1. The predicted molar refractivity (Wildman–Crippen MR) is 626 cm³/mol. The molecule has 1 heterocycles. The molecule has 0 saturated heterocycles. The maximum absolute atomic E-state index is 14.9. The maximum Gasteiger partial charge on any atom is 0.305 e. The summed E-state index contributed by atoms with van der Waals surface area (Å²) in [4.78, 5) is 26.1. The molecule has 4 atom stereocenters. The second-order valence-corrected chi connectivity index (χ2v) is 13.9. The molecule has 1 amide bonds. The monoisotopic (exact) mass is 1080 g/mol. The summed E-state index contributed by atoms with van der Waals surface area (Å²) in [5.41, 5.74) is 8.97. The van der Waals surface area contributed by atoms with Crippen LogP contribution in [0.4, 0.5) is 10.1 Å². The maximum atomic E-state index is 14.9. The van der Waals surface area contributed by atoms with Crippen LogP contribution in [0.1, 0.15) is 395 Å². The van der Waals surface area contributed by atoms with E-state index in [1.807, 2.05) is 71.0 Å². The summed E-state index contributed by atoms with van der Waals surface area (Å²) in [7, 11) is 0. The highest BCUT2D eigenvalue weighted by atomic mass is 19.1. The molecule has 0 fully saturated rings. The van der Waals surface area contributed by atoms with Crippen LogP contribution >= 0.6 is 0 Å². The number of aliphatic hydroxyl groups is 2. The number of carbonyl (C=O) groups excluding carboxylic acids is 1. The lowest BCUT2D eigenvalue weighted by atomic mass is 9.85. The lowest BCUT2D eigenvalue weighted by molar-refractivity contribution is -0.139. The Morgan fingerprint density at radius 2 is 1.59 bits per heavy atom. The van der Waals surface area contributed by atoms with E-state index >= 15 is 0 Å². The standard InChI is InChI=1S/C41H51FN2O5.204H2/c1-9-34(23(2)3)39-38(41(49)43-31-15-13-25(5)26(6)19-31)37(29-12-10-11-24(4)17-29)40(35-16-14-30(42)18-27(35)7)44(39)28(8)20-32(45)21-33(46)22-36(47)48;;;;;;;;;;;;;;;;;;;;;;;;;;;;;;;;;;;;;;;;;;;;;;;;;;;;;;;;;;;;;;;;;;;;;;;;;;;;;;;;;;;;;;;;;;;;;;;;;;;;;;;;;;;;;;;;;;;;;;;;;;;;;;;;;;;;;;;;;;;;;;;;;;;;;;;;;;;;;;;;;;;;;;;;;;;;;;;;;;;;;;;;;;;;;;;;;;;;;;;;;;;;/h10-19,23,28,32-34,45-46H,9,20-22H2,1-8H3,(H,43,49)(H,47,48);204*1H/t28?,32-,33-,34?;;;;;;;;;;;;;;;;;;;;;;;;;;;;;;;;;;;;;;;;;;;;;;;;;;;;;;;;;;;;;;;;;;;;;;;;;;;;;;;;;;;;;;;;;;;;;;;;;;;;;;;;;;;;;;;;;;;;;;;;;;;;;;;;;;;;;;;;;;;;;;;;;;;;;;;;;;;;;;;;;;;;;;;;;;;;;;;;;;;;;;;;;;;;;;;;;;;;;;;;;;;;/m1............................................................................................................................................................................................................/s1. The molecular weight excluding hydrogens is 619 g/mol. The van der Waals surface area contributed by atoms with Gasteiger partial charge in [-0.05, 0) is 112 Å². The molecule has 7 nitrogen and oxygen atoms in total. The van der Waals surface area contributed by atoms with Crippen molar-refractivity contribution in [2.24, 2.45) is 5.92 Å². The molecule has 3 aromatic carbocycles. The van der Waals surface area contributed by atoms with E-state index in [1.165, 1.54) is 12.1 Å². The van der Waals surface area contributed by atoms with Crippen molar-refractivity contribution >= 4 is 17.6 Å². The Balaban J connectivity index is -0.000000000666. The van der Waals surface area contributed by atoms with Crippen molar-refractivity contribution in [1.29, 1.82) is 0 Å². The van der Waals surface area contributed by atoms with Crippen LogP contribution in [0.25, 0.3) is 22.4 Å². The van der Waals surface area contributed by atoms with Crippen molar-refractivity contribution < 1.29 is 320 Å². The predicted octanol–water partition coefficient (Wildman–Crippen LogP) is 59.3. The molecule has 0 aliphatic heterocycles. The summed E-state index contributed by atoms with van der Waals surface area (Å²) in [6.45, 7) is 16.2. The SMILES string of the molecule is CCC(c1c(C(=O)Nc2ccc(C)c(C)c2)c(-c2cccc(C)c2)c(-c2ccc(F)cc2C)n1C(C)C[C@@H](O)C[C@@H](O)CC(=O)O)C(C)C.[HH].[HH].[HH].[HH].[HH].[HH].[HH].[HH].[HH].[HH].[HH].[HH].[HH].[HH].[HH].[HH].[HH].[HH].[HH].[HH].[HH].[HH].[HH].[HH].[HH].[HH].[HH].[HH].[HH].[HH].[HH].[HH].[HH].[HH].[HH].[HH].[HH].[HH].[HH].[HH].[HH].[HH].[HH].[HH].[HH].[HH].[HH].[HH].[HH].[HH].[HH].[HH].[HH].[HH].[HH].[HH].[HH].[HH].[HH].[HH].[HH].[HH].[HH].[HH].[HH].[HH].[HH].[HH].[HH].[HH].[HH].[HH].[HH].[HH].[HH].[HH].[HH].[HH].[HH].[HH].[HH].[HH].[HH].[HH].[HH].[HH].[HH].[HH].[HH].[HH].[HH].[HH].[HH].[HH].[HH].[HH].[HH].[HH].[HH].[HH].[HH].[HH].[HH].[HH].[HH].[HH].[HH].[HH].[HH].[HH].[HH].[HH].[HH].[HH].[HH].[HH].[HH].[HH].[HH].[HH].[HH].[HH].[HH].[HH].[HH].[HH].[HH].[HH].[HH].[HH].[HH].[HH].[HH].[HH].[HH].[HH].[HH].[HH].[HH].[HH].[HH].[HH].[HH].[HH].[HH].[HH].[HH].[HH].[HH].[HH].[HH].[HH].[HH].[HH].[HH].[HH].[HH].[HH].[HH].[HH].[HH].[HH].[HH].[HH].[HH].[HH].[HH].[HH].[HH].[HH].[HH].[HH].[HH].[HH].[HH].[HH].[HH].[HH].[HH].[HH].[HH].[HH].[HH].[HH].[HH].[HH].[HH].[HH].[HH].[HH].[HH].[HH].[HH].[HH].[HH].[HH].[HH].[HH].[HH].[HH].[HH].[HH].[HH].[HH]. The van der Waals surface area contributed by atoms with E-state index < -0.39 is 30.6 Å². The second-order valence-electron chi connectivity index (χ2n) is 13.9. The zero-order valence-electron chi connectivity index (χ0n) is 30.0. The van der Waals surface area contributed by atoms with Gasteiger partial charge in [0.15, 0.2) is 0 Å². The summed E-state index contributed by atoms with van der Waals surface area (Å²) < 4.78 is 16.8. The first kappa shape index (κ1) is 37.5. The average Bonchev–Trinajstić information content (AvgIpc) is 3.34. The number of hydrogen-bond donors (Lipinski definition) is 4. The van der Waals surface area contributed by atoms with Gasteiger partial charge in [-0.2, -0.15) is 0 Å². The molecule has 4 rings (SSSR count). The van der Waals surface area contributed by atoms with Gasteiger partial charge in [0, 0.05) is 326 Å². The van der Waals surface area contributed by atoms with Gasteiger partial charge in [0.1, 0.15) is 5.82 Å². The Morgan fingerprint density at radius 1 is 0.878 bits per heavy atom. The van der Waals surface area contributed by atoms with Gasteiger partial charge in [-0.15, -0.1) is 0 Å². The minimum absolute atomic E-state index is 0. The Kier molecular flexibility index (Phi) is 12.2. The molecule has 0 aliphatic rings. The highest BCUT2D eigenvalue weighted by Crippen LogP contribution is 2.47. The van der Waals surface area contributed by atoms with E-state index in [1.54, 1.807) is 6.07 Å². The van der Waals surface area contributed by atoms with Crippen LogP contribution in [0.5, 0.6) is 0 Å². The summed E-state index contributed by atoms with van der Waals surface area (Å²) in [6.07, 6.45) is -1.88. The van der Waals surface area contributed by atoms with E-state index in [0.717, 1.165) is 51.2 Å². The van der Waals surface area contributed by atoms with Gasteiger partial charge in [0.25, 0.3) is 5.91 Å². The molecule has 1 aromatic heterocycles. The van der Waals surface area contributed by atoms with Gasteiger partial charge in [-0.1, -0.05) is 56.7 Å². The first-order valence-electron chi connectivity index (χ1n) is 17.2. The van der Waals surface area contributed by atoms with Gasteiger partial charge in [0.05, 0.1) is 29.9 Å². The van der Waals surface area contributed by atoms with Gasteiger partial charge in [0.2, 0.25) is 0 Å². The summed E-state index contributed by atoms with van der Waals surface area (Å²) in [6, 6.07) is 18.1. The number of anilines is 1. The molecule has 4 aromatic rings. The molecule has 2 unspecified atom stereocenters. The van der Waals surface area contributed by atoms with Gasteiger partial charge < -0.3 is 25.2 Å². The molecule has 0 saturated carbocycles. The van der Waals surface area contributed by atoms with E-state index in [-0.39, 0.29) is 327 Å². The lowest BCUT2D eigenvalue weighted by Gasteiger charge is -2.29. The number of nitrogens with zero attached hydrogens (tertiary/aromatic N) is 1. The lowest BCUT2D eigenvalue weighted by Crippen LogP contribution is -2.25. The fraction of sp³-hybridized carbons (Fsp3) is 0.415. The number of halogens is 1. The zero-order valence-corrected chi connectivity index (χ0v) is 30.0. The van der Waals surface area contributed by atoms with Gasteiger partial charge in [-0.3, -0.25) is 9.59 Å². The van der Waals surface area contributed by atoms with Crippen LogP contribution in [-0.4, -0.2) is 44.0 Å². The Labute approximate surface area is 592 Å². The minimum Gasteiger partial charge on any atom is -0.481 e. The zero-order chi connectivity index (χ0) is 36.2. The number of hydrogen-bond acceptors (Lipinski definition) is 4. The smallest absolute Gasteiger partial charge is 0.305 e. The quantitative estimate of drug-likeness (QED) is 0.101. The summed E-state index contributed by atoms with van der Waals surface area (Å²) in [5, 5.41) is 33.9. The second kappa shape index (κ2) is 16.0. The number of benzene rings is 3. The first-order valence-corrected chi connectivity index (χ1v) is 17.2. The van der Waals surface area contributed by atoms with Crippen LogP contribution in [0.15, 0.2) is 60.7 Å². The van der Waals surface area contributed by atoms with Crippen molar-refractivity contribution in [2.75, 3.05) is 5.32 Å². The van der Waals surface area contributed by atoms with E-state index in [0.29, 0.717) is 16.8 Å². The summed E-state index contributed by atoms with van der Waals surface area (Å²) in [5.74, 6) is -1.71. The summed E-state index contributed by atoms with van der Waals surface area (Å²) >= 11 is 0. The third-order valence-electron chi connectivity index (χ3n) is 9.59. The van der Waals surface area contributed by atoms with Crippen LogP contribution < -0.4 is 5.32 Å². The van der Waals surface area contributed by atoms with Crippen molar-refractivity contribution in [3.63, 3.8) is 0 Å². The highest BCUT2D eigenvalue weighted by molar-refractivity contribution is 6.12. The van der Waals surface area contributed by atoms with Crippen molar-refractivity contribution in [2.45, 2.75) is 105 Å². The van der Waals surface area contributed by atoms with Crippen LogP contribution in [0.2, 0.25) is 0 Å². The van der Waals surface area contributed by atoms with E-state index in [2.05, 4.69) is 36.7 Å².